The zero-order valence-electron chi connectivity index (χ0n) is 9.83. The van der Waals surface area contributed by atoms with Gasteiger partial charge in [0, 0.05) is 17.4 Å². The molecule has 2 aromatic rings. The minimum atomic E-state index is -1.01. The fourth-order valence-electron chi connectivity index (χ4n) is 1.53. The Morgan fingerprint density at radius 1 is 1.16 bits per heavy atom. The number of carbonyl (C=O) groups is 2. The number of anilines is 2. The van der Waals surface area contributed by atoms with Crippen LogP contribution in [0, 0.1) is 0 Å². The van der Waals surface area contributed by atoms with Gasteiger partial charge in [-0.25, -0.2) is 9.78 Å². The quantitative estimate of drug-likeness (QED) is 0.771. The Hall–Kier alpha value is -2.89. The van der Waals surface area contributed by atoms with Crippen LogP contribution in [0.5, 0.6) is 0 Å². The van der Waals surface area contributed by atoms with Crippen LogP contribution in [0.15, 0.2) is 42.6 Å². The van der Waals surface area contributed by atoms with Gasteiger partial charge in [0.25, 0.3) is 0 Å². The van der Waals surface area contributed by atoms with Gasteiger partial charge in [0.2, 0.25) is 5.91 Å². The van der Waals surface area contributed by atoms with Gasteiger partial charge >= 0.3 is 5.97 Å². The Bertz CT molecular complexity index is 585. The molecule has 0 aliphatic rings. The summed E-state index contributed by atoms with van der Waals surface area (Å²) in [7, 11) is 0. The number of nitrogens with one attached hydrogen (secondary N) is 1. The maximum atomic E-state index is 11.0. The third-order valence-corrected chi connectivity index (χ3v) is 2.43. The van der Waals surface area contributed by atoms with Crippen molar-refractivity contribution in [2.24, 2.45) is 5.73 Å². The summed E-state index contributed by atoms with van der Waals surface area (Å²) in [6, 6.07) is 9.27. The lowest BCUT2D eigenvalue weighted by Crippen LogP contribution is -2.11. The number of carbonyl (C=O) groups excluding carboxylic acids is 1. The molecule has 96 valence electrons. The zero-order chi connectivity index (χ0) is 13.8. The molecule has 1 aromatic carbocycles. The lowest BCUT2D eigenvalue weighted by Gasteiger charge is -2.07. The van der Waals surface area contributed by atoms with Crippen molar-refractivity contribution in [3.63, 3.8) is 0 Å². The Morgan fingerprint density at radius 2 is 1.95 bits per heavy atom. The number of hydrogen-bond donors (Lipinski definition) is 3. The predicted molar refractivity (Wildman–Crippen MR) is 69.4 cm³/mol. The lowest BCUT2D eigenvalue weighted by molar-refractivity contribution is 0.0696. The van der Waals surface area contributed by atoms with Crippen LogP contribution in [0.3, 0.4) is 0 Å². The Morgan fingerprint density at radius 3 is 2.63 bits per heavy atom. The van der Waals surface area contributed by atoms with E-state index in [2.05, 4.69) is 10.3 Å². The SMILES string of the molecule is NC(=O)c1ccnc(Nc2cccc(C(=O)O)c2)c1. The summed E-state index contributed by atoms with van der Waals surface area (Å²) >= 11 is 0. The molecule has 1 aromatic heterocycles. The van der Waals surface area contributed by atoms with Crippen LogP contribution in [0.1, 0.15) is 20.7 Å². The molecule has 0 atom stereocenters. The number of carboxylic acid groups (broad SMARTS) is 1. The van der Waals surface area contributed by atoms with Crippen molar-refractivity contribution in [3.05, 3.63) is 53.7 Å². The van der Waals surface area contributed by atoms with Crippen molar-refractivity contribution in [2.45, 2.75) is 0 Å². The molecule has 0 aliphatic carbocycles. The maximum Gasteiger partial charge on any atom is 0.335 e. The number of nitrogens with zero attached hydrogens (tertiary/aromatic N) is 1. The van der Waals surface area contributed by atoms with Crippen LogP contribution in [-0.4, -0.2) is 22.0 Å². The van der Waals surface area contributed by atoms with Crippen LogP contribution in [0.4, 0.5) is 11.5 Å². The number of amides is 1. The van der Waals surface area contributed by atoms with E-state index in [1.165, 1.54) is 30.5 Å². The lowest BCUT2D eigenvalue weighted by atomic mass is 10.2. The molecule has 0 aliphatic heterocycles. The van der Waals surface area contributed by atoms with Crippen LogP contribution >= 0.6 is 0 Å². The maximum absolute atomic E-state index is 11.0. The summed E-state index contributed by atoms with van der Waals surface area (Å²) in [5, 5.41) is 11.8. The fourth-order valence-corrected chi connectivity index (χ4v) is 1.53. The van der Waals surface area contributed by atoms with E-state index in [4.69, 9.17) is 10.8 Å². The minimum Gasteiger partial charge on any atom is -0.478 e. The summed E-state index contributed by atoms with van der Waals surface area (Å²) in [6.07, 6.45) is 1.45. The molecule has 0 radical (unpaired) electrons. The first-order valence-electron chi connectivity index (χ1n) is 5.42. The van der Waals surface area contributed by atoms with Gasteiger partial charge < -0.3 is 16.2 Å². The van der Waals surface area contributed by atoms with E-state index in [-0.39, 0.29) is 5.56 Å². The summed E-state index contributed by atoms with van der Waals surface area (Å²) in [4.78, 5) is 25.9. The second-order valence-corrected chi connectivity index (χ2v) is 3.80. The molecule has 0 spiro atoms. The van der Waals surface area contributed by atoms with Crippen molar-refractivity contribution in [2.75, 3.05) is 5.32 Å². The molecule has 1 amide bonds. The molecule has 6 heteroatoms. The molecule has 6 nitrogen and oxygen atoms in total. The first-order chi connectivity index (χ1) is 9.06. The van der Waals surface area contributed by atoms with Crippen LogP contribution < -0.4 is 11.1 Å². The normalized spacial score (nSPS) is 9.89. The molecule has 0 unspecified atom stereocenters. The number of rotatable bonds is 4. The van der Waals surface area contributed by atoms with E-state index < -0.39 is 11.9 Å². The molecule has 19 heavy (non-hydrogen) atoms. The minimum absolute atomic E-state index is 0.163. The number of nitrogens with two attached hydrogens (primary N) is 1. The molecule has 0 bridgehead atoms. The topological polar surface area (TPSA) is 105 Å². The molecule has 4 N–H and O–H groups in total. The van der Waals surface area contributed by atoms with Crippen LogP contribution in [-0.2, 0) is 0 Å². The second kappa shape index (κ2) is 5.18. The third kappa shape index (κ3) is 3.06. The van der Waals surface area contributed by atoms with Gasteiger partial charge in [0.1, 0.15) is 5.82 Å². The highest BCUT2D eigenvalue weighted by Crippen LogP contribution is 2.16. The monoisotopic (exact) mass is 257 g/mol. The van der Waals surface area contributed by atoms with Gasteiger partial charge in [-0.1, -0.05) is 6.07 Å². The molecule has 0 saturated carbocycles. The summed E-state index contributed by atoms with van der Waals surface area (Å²) in [5.41, 5.74) is 6.22. The van der Waals surface area contributed by atoms with E-state index in [1.807, 2.05) is 0 Å². The van der Waals surface area contributed by atoms with E-state index in [1.54, 1.807) is 12.1 Å². The molecular weight excluding hydrogens is 246 g/mol. The van der Waals surface area contributed by atoms with E-state index in [9.17, 15) is 9.59 Å². The van der Waals surface area contributed by atoms with Gasteiger partial charge in [0.15, 0.2) is 0 Å². The van der Waals surface area contributed by atoms with Gasteiger partial charge in [-0.15, -0.1) is 0 Å². The van der Waals surface area contributed by atoms with E-state index in [0.717, 1.165) is 0 Å². The van der Waals surface area contributed by atoms with Crippen molar-refractivity contribution in [1.82, 2.24) is 4.98 Å². The Kier molecular flexibility index (Phi) is 3.42. The highest BCUT2D eigenvalue weighted by Gasteiger charge is 2.05. The largest absolute Gasteiger partial charge is 0.478 e. The molecule has 0 fully saturated rings. The van der Waals surface area contributed by atoms with Crippen LogP contribution in [0.2, 0.25) is 0 Å². The Balaban J connectivity index is 2.26. The van der Waals surface area contributed by atoms with Gasteiger partial charge in [-0.3, -0.25) is 4.79 Å². The molecule has 0 saturated heterocycles. The van der Waals surface area contributed by atoms with E-state index in [0.29, 0.717) is 17.1 Å². The van der Waals surface area contributed by atoms with Crippen molar-refractivity contribution < 1.29 is 14.7 Å². The summed E-state index contributed by atoms with van der Waals surface area (Å²) < 4.78 is 0. The summed E-state index contributed by atoms with van der Waals surface area (Å²) in [5.74, 6) is -1.15. The number of hydrogen-bond acceptors (Lipinski definition) is 4. The number of carboxylic acids is 1. The number of pyridine rings is 1. The first kappa shape index (κ1) is 12.6. The standard InChI is InChI=1S/C13H11N3O3/c14-12(17)8-4-5-15-11(7-8)16-10-3-1-2-9(6-10)13(18)19/h1-7H,(H2,14,17)(H,15,16)(H,18,19). The highest BCUT2D eigenvalue weighted by molar-refractivity contribution is 5.93. The average molecular weight is 257 g/mol. The van der Waals surface area contributed by atoms with E-state index >= 15 is 0 Å². The molecule has 1 heterocycles. The van der Waals surface area contributed by atoms with Crippen molar-refractivity contribution in [1.29, 1.82) is 0 Å². The molecule has 2 rings (SSSR count). The number of benzene rings is 1. The second-order valence-electron chi connectivity index (χ2n) is 3.80. The van der Waals surface area contributed by atoms with Gasteiger partial charge in [-0.05, 0) is 30.3 Å². The number of aromatic carboxylic acids is 1. The van der Waals surface area contributed by atoms with Gasteiger partial charge in [-0.2, -0.15) is 0 Å². The van der Waals surface area contributed by atoms with Gasteiger partial charge in [0.05, 0.1) is 5.56 Å². The first-order valence-corrected chi connectivity index (χ1v) is 5.42. The number of primary amides is 1. The smallest absolute Gasteiger partial charge is 0.335 e. The van der Waals surface area contributed by atoms with Crippen molar-refractivity contribution >= 4 is 23.4 Å². The third-order valence-electron chi connectivity index (χ3n) is 2.43. The molecular formula is C13H11N3O3. The Labute approximate surface area is 108 Å². The fraction of sp³-hybridized carbons (Fsp3) is 0. The van der Waals surface area contributed by atoms with Crippen LogP contribution in [0.25, 0.3) is 0 Å². The summed E-state index contributed by atoms with van der Waals surface area (Å²) in [6.45, 7) is 0. The number of aromatic nitrogens is 1. The predicted octanol–water partition coefficient (Wildman–Crippen LogP) is 1.62. The van der Waals surface area contributed by atoms with Crippen molar-refractivity contribution in [3.8, 4) is 0 Å². The zero-order valence-corrected chi connectivity index (χ0v) is 9.83. The highest BCUT2D eigenvalue weighted by atomic mass is 16.4. The average Bonchev–Trinajstić information content (AvgIpc) is 2.39.